The molecule has 0 aromatic heterocycles. The van der Waals surface area contributed by atoms with Gasteiger partial charge in [0.2, 0.25) is 5.91 Å². The fourth-order valence-electron chi connectivity index (χ4n) is 2.38. The molecule has 1 amide bonds. The van der Waals surface area contributed by atoms with Crippen LogP contribution in [0.15, 0.2) is 0 Å². The number of rotatable bonds is 3. The van der Waals surface area contributed by atoms with Gasteiger partial charge in [0, 0.05) is 18.2 Å². The summed E-state index contributed by atoms with van der Waals surface area (Å²) in [6.45, 7) is 5.31. The van der Waals surface area contributed by atoms with Crippen molar-refractivity contribution in [2.24, 2.45) is 11.3 Å². The maximum atomic E-state index is 12.1. The van der Waals surface area contributed by atoms with Gasteiger partial charge in [0.15, 0.2) is 0 Å². The molecule has 0 unspecified atom stereocenters. The van der Waals surface area contributed by atoms with Crippen LogP contribution in [0.5, 0.6) is 0 Å². The first kappa shape index (κ1) is 10.3. The summed E-state index contributed by atoms with van der Waals surface area (Å²) in [5, 5.41) is 0. The highest BCUT2D eigenvalue weighted by molar-refractivity contribution is 7.99. The molecule has 1 aliphatic heterocycles. The van der Waals surface area contributed by atoms with Crippen molar-refractivity contribution in [1.29, 1.82) is 0 Å². The van der Waals surface area contributed by atoms with Crippen molar-refractivity contribution in [1.82, 2.24) is 4.90 Å². The van der Waals surface area contributed by atoms with E-state index >= 15 is 0 Å². The third kappa shape index (κ3) is 1.67. The Morgan fingerprint density at radius 1 is 1.57 bits per heavy atom. The fourth-order valence-corrected chi connectivity index (χ4v) is 3.33. The summed E-state index contributed by atoms with van der Waals surface area (Å²) in [5.74, 6) is 2.70. The van der Waals surface area contributed by atoms with Crippen LogP contribution in [0, 0.1) is 11.3 Å². The molecule has 0 spiro atoms. The van der Waals surface area contributed by atoms with E-state index in [2.05, 4.69) is 13.8 Å². The fraction of sp³-hybridized carbons (Fsp3) is 0.909. The standard InChI is InChI=1S/C11H19NOS/c1-3-11(4-5-11)9(2)10(13)12-6-7-14-8-12/h9H,3-8H2,1-2H3/t9-/m1/s1. The van der Waals surface area contributed by atoms with Crippen molar-refractivity contribution in [2.75, 3.05) is 18.2 Å². The van der Waals surface area contributed by atoms with Crippen LogP contribution in [-0.4, -0.2) is 29.0 Å². The van der Waals surface area contributed by atoms with Gasteiger partial charge in [-0.15, -0.1) is 11.8 Å². The summed E-state index contributed by atoms with van der Waals surface area (Å²) >= 11 is 1.87. The molecule has 2 nitrogen and oxygen atoms in total. The second-order valence-electron chi connectivity index (χ2n) is 4.58. The van der Waals surface area contributed by atoms with E-state index in [1.54, 1.807) is 0 Å². The van der Waals surface area contributed by atoms with Gasteiger partial charge in [-0.2, -0.15) is 0 Å². The maximum absolute atomic E-state index is 12.1. The van der Waals surface area contributed by atoms with Gasteiger partial charge in [0.05, 0.1) is 5.88 Å². The van der Waals surface area contributed by atoms with Crippen molar-refractivity contribution < 1.29 is 4.79 Å². The first-order chi connectivity index (χ1) is 6.69. The second-order valence-corrected chi connectivity index (χ2v) is 5.65. The molecular formula is C11H19NOS. The highest BCUT2D eigenvalue weighted by atomic mass is 32.2. The molecule has 0 N–H and O–H groups in total. The Morgan fingerprint density at radius 2 is 2.29 bits per heavy atom. The predicted molar refractivity (Wildman–Crippen MR) is 60.2 cm³/mol. The van der Waals surface area contributed by atoms with Crippen LogP contribution in [0.25, 0.3) is 0 Å². The SMILES string of the molecule is CCC1([C@H](C)C(=O)N2CCSC2)CC1. The summed E-state index contributed by atoms with van der Waals surface area (Å²) in [7, 11) is 0. The number of nitrogens with zero attached hydrogens (tertiary/aromatic N) is 1. The van der Waals surface area contributed by atoms with Crippen LogP contribution in [0.2, 0.25) is 0 Å². The highest BCUT2D eigenvalue weighted by Crippen LogP contribution is 2.55. The van der Waals surface area contributed by atoms with E-state index in [1.165, 1.54) is 19.3 Å². The maximum Gasteiger partial charge on any atom is 0.226 e. The molecule has 1 aliphatic carbocycles. The Balaban J connectivity index is 1.96. The minimum Gasteiger partial charge on any atom is -0.332 e. The van der Waals surface area contributed by atoms with Gasteiger partial charge >= 0.3 is 0 Å². The number of carbonyl (C=O) groups is 1. The van der Waals surface area contributed by atoms with Crippen LogP contribution in [0.3, 0.4) is 0 Å². The van der Waals surface area contributed by atoms with Gasteiger partial charge in [-0.05, 0) is 24.7 Å². The Hall–Kier alpha value is -0.180. The molecular weight excluding hydrogens is 194 g/mol. The van der Waals surface area contributed by atoms with Crippen molar-refractivity contribution in [2.45, 2.75) is 33.1 Å². The van der Waals surface area contributed by atoms with E-state index < -0.39 is 0 Å². The van der Waals surface area contributed by atoms with Gasteiger partial charge in [-0.25, -0.2) is 0 Å². The third-order valence-electron chi connectivity index (χ3n) is 3.95. The molecule has 2 fully saturated rings. The molecule has 2 aliphatic rings. The van der Waals surface area contributed by atoms with Crippen molar-refractivity contribution in [3.63, 3.8) is 0 Å². The number of carbonyl (C=O) groups excluding carboxylic acids is 1. The molecule has 0 bridgehead atoms. The van der Waals surface area contributed by atoms with Crippen molar-refractivity contribution in [3.05, 3.63) is 0 Å². The Kier molecular flexibility index (Phi) is 2.78. The average Bonchev–Trinajstić information content (AvgIpc) is 2.82. The highest BCUT2D eigenvalue weighted by Gasteiger charge is 2.49. The Bertz CT molecular complexity index is 231. The van der Waals surface area contributed by atoms with Gasteiger partial charge in [-0.3, -0.25) is 4.79 Å². The molecule has 1 saturated carbocycles. The number of hydrogen-bond acceptors (Lipinski definition) is 2. The molecule has 0 radical (unpaired) electrons. The smallest absolute Gasteiger partial charge is 0.226 e. The Morgan fingerprint density at radius 3 is 2.71 bits per heavy atom. The van der Waals surface area contributed by atoms with Gasteiger partial charge in [-0.1, -0.05) is 13.8 Å². The minimum absolute atomic E-state index is 0.256. The molecule has 1 heterocycles. The summed E-state index contributed by atoms with van der Waals surface area (Å²) in [6.07, 6.45) is 3.69. The molecule has 14 heavy (non-hydrogen) atoms. The van der Waals surface area contributed by atoms with Crippen LogP contribution >= 0.6 is 11.8 Å². The third-order valence-corrected chi connectivity index (χ3v) is 4.92. The number of thioether (sulfide) groups is 1. The predicted octanol–water partition coefficient (Wildman–Crippen LogP) is 2.35. The summed E-state index contributed by atoms with van der Waals surface area (Å²) in [4.78, 5) is 14.1. The lowest BCUT2D eigenvalue weighted by Crippen LogP contribution is -2.36. The zero-order valence-electron chi connectivity index (χ0n) is 9.08. The molecule has 80 valence electrons. The normalized spacial score (nSPS) is 26.3. The average molecular weight is 213 g/mol. The zero-order valence-corrected chi connectivity index (χ0v) is 9.90. The Labute approximate surface area is 90.4 Å². The summed E-state index contributed by atoms with van der Waals surface area (Å²) in [5.41, 5.74) is 0.379. The van der Waals surface area contributed by atoms with Crippen LogP contribution in [0.1, 0.15) is 33.1 Å². The molecule has 0 aromatic carbocycles. The molecule has 0 aromatic rings. The van der Waals surface area contributed by atoms with E-state index in [4.69, 9.17) is 0 Å². The van der Waals surface area contributed by atoms with Crippen molar-refractivity contribution >= 4 is 17.7 Å². The minimum atomic E-state index is 0.256. The largest absolute Gasteiger partial charge is 0.332 e. The number of hydrogen-bond donors (Lipinski definition) is 0. The van der Waals surface area contributed by atoms with Gasteiger partial charge in [0.1, 0.15) is 0 Å². The molecule has 3 heteroatoms. The van der Waals surface area contributed by atoms with Gasteiger partial charge in [0.25, 0.3) is 0 Å². The summed E-state index contributed by atoms with van der Waals surface area (Å²) < 4.78 is 0. The van der Waals surface area contributed by atoms with Crippen LogP contribution in [0.4, 0.5) is 0 Å². The quantitative estimate of drug-likeness (QED) is 0.717. The molecule has 1 atom stereocenters. The van der Waals surface area contributed by atoms with Crippen LogP contribution in [-0.2, 0) is 4.79 Å². The van der Waals surface area contributed by atoms with E-state index in [0.717, 1.165) is 18.2 Å². The van der Waals surface area contributed by atoms with E-state index in [9.17, 15) is 4.79 Å². The monoisotopic (exact) mass is 213 g/mol. The first-order valence-corrected chi connectivity index (χ1v) is 6.71. The molecule has 2 rings (SSSR count). The van der Waals surface area contributed by atoms with E-state index in [1.807, 2.05) is 16.7 Å². The molecule has 1 saturated heterocycles. The topological polar surface area (TPSA) is 20.3 Å². The lowest BCUT2D eigenvalue weighted by molar-refractivity contribution is -0.135. The zero-order chi connectivity index (χ0) is 10.2. The second kappa shape index (κ2) is 3.76. The van der Waals surface area contributed by atoms with Crippen molar-refractivity contribution in [3.8, 4) is 0 Å². The van der Waals surface area contributed by atoms with Gasteiger partial charge < -0.3 is 4.90 Å². The van der Waals surface area contributed by atoms with Crippen LogP contribution < -0.4 is 0 Å². The van der Waals surface area contributed by atoms with E-state index in [0.29, 0.717) is 11.3 Å². The summed E-state index contributed by atoms with van der Waals surface area (Å²) in [6, 6.07) is 0. The van der Waals surface area contributed by atoms with E-state index in [-0.39, 0.29) is 5.92 Å². The lowest BCUT2D eigenvalue weighted by atomic mass is 9.87. The number of amides is 1. The first-order valence-electron chi connectivity index (χ1n) is 5.56. The lowest BCUT2D eigenvalue weighted by Gasteiger charge is -2.25.